The van der Waals surface area contributed by atoms with Gasteiger partial charge in [-0.2, -0.15) is 5.10 Å². The zero-order chi connectivity index (χ0) is 20.7. The smallest absolute Gasteiger partial charge is 0.324 e. The van der Waals surface area contributed by atoms with Gasteiger partial charge in [-0.1, -0.05) is 12.1 Å². The van der Waals surface area contributed by atoms with Crippen LogP contribution in [-0.4, -0.2) is 51.7 Å². The first-order valence-corrected chi connectivity index (χ1v) is 9.67. The minimum atomic E-state index is -0.235. The number of urea groups is 1. The van der Waals surface area contributed by atoms with Crippen molar-refractivity contribution in [1.82, 2.24) is 19.7 Å². The summed E-state index contributed by atoms with van der Waals surface area (Å²) in [6.07, 6.45) is 1.75. The highest BCUT2D eigenvalue weighted by atomic mass is 16.2. The molecule has 3 amide bonds. The van der Waals surface area contributed by atoms with Crippen LogP contribution < -0.4 is 10.2 Å². The van der Waals surface area contributed by atoms with Crippen LogP contribution in [0.1, 0.15) is 28.7 Å². The van der Waals surface area contributed by atoms with Gasteiger partial charge in [-0.25, -0.2) is 4.79 Å². The van der Waals surface area contributed by atoms with Crippen molar-refractivity contribution in [3.63, 3.8) is 0 Å². The van der Waals surface area contributed by atoms with Gasteiger partial charge in [0.15, 0.2) is 0 Å². The molecule has 0 atom stereocenters. The average molecular weight is 392 g/mol. The molecule has 29 heavy (non-hydrogen) atoms. The molecule has 0 saturated carbocycles. The van der Waals surface area contributed by atoms with Gasteiger partial charge < -0.3 is 10.2 Å². The molecule has 0 unspecified atom stereocenters. The van der Waals surface area contributed by atoms with E-state index < -0.39 is 0 Å². The number of para-hydroxylation sites is 1. The van der Waals surface area contributed by atoms with E-state index >= 15 is 0 Å². The first kappa shape index (κ1) is 18.9. The van der Waals surface area contributed by atoms with E-state index in [-0.39, 0.29) is 11.9 Å². The number of carbonyl (C=O) groups is 2. The topological polar surface area (TPSA) is 83.4 Å². The van der Waals surface area contributed by atoms with Crippen LogP contribution in [0.4, 0.5) is 16.2 Å². The summed E-state index contributed by atoms with van der Waals surface area (Å²) in [4.78, 5) is 33.5. The summed E-state index contributed by atoms with van der Waals surface area (Å²) in [5.41, 5.74) is 4.32. The molecule has 0 radical (unpaired) electrons. The highest BCUT2D eigenvalue weighted by molar-refractivity contribution is 6.11. The van der Waals surface area contributed by atoms with E-state index in [2.05, 4.69) is 15.4 Å². The summed E-state index contributed by atoms with van der Waals surface area (Å²) in [5, 5.41) is 8.15. The lowest BCUT2D eigenvalue weighted by Gasteiger charge is -2.21. The van der Waals surface area contributed by atoms with Crippen molar-refractivity contribution in [2.24, 2.45) is 0 Å². The molecule has 1 saturated heterocycles. The molecule has 1 N–H and O–H groups in total. The second kappa shape index (κ2) is 7.20. The Morgan fingerprint density at radius 2 is 2.03 bits per heavy atom. The summed E-state index contributed by atoms with van der Waals surface area (Å²) >= 11 is 0. The maximum atomic E-state index is 12.9. The third-order valence-corrected chi connectivity index (χ3v) is 5.22. The van der Waals surface area contributed by atoms with Gasteiger partial charge in [0.2, 0.25) is 0 Å². The molecule has 2 aromatic heterocycles. The number of pyridine rings is 1. The van der Waals surface area contributed by atoms with E-state index in [1.807, 2.05) is 39.0 Å². The van der Waals surface area contributed by atoms with Crippen LogP contribution in [0.25, 0.3) is 10.9 Å². The molecule has 1 aromatic carbocycles. The molecule has 0 spiro atoms. The van der Waals surface area contributed by atoms with Gasteiger partial charge in [0.05, 0.1) is 22.6 Å². The van der Waals surface area contributed by atoms with Crippen molar-refractivity contribution in [2.75, 3.05) is 30.4 Å². The van der Waals surface area contributed by atoms with Gasteiger partial charge in [0.1, 0.15) is 5.69 Å². The second-order valence-electron chi connectivity index (χ2n) is 7.29. The number of likely N-dealkylation sites (N-methyl/N-ethyl adjacent to an activating group) is 1. The molecule has 8 nitrogen and oxygen atoms in total. The molecule has 4 rings (SSSR count). The van der Waals surface area contributed by atoms with Gasteiger partial charge in [-0.15, -0.1) is 0 Å². The lowest BCUT2D eigenvalue weighted by molar-refractivity contribution is 0.101. The summed E-state index contributed by atoms with van der Waals surface area (Å²) in [7, 11) is 1.80. The number of hydrogen-bond acceptors (Lipinski definition) is 4. The maximum Gasteiger partial charge on any atom is 0.324 e. The zero-order valence-corrected chi connectivity index (χ0v) is 17.1. The van der Waals surface area contributed by atoms with Crippen LogP contribution in [0, 0.1) is 13.8 Å². The molecule has 0 aliphatic carbocycles. The predicted molar refractivity (Wildman–Crippen MR) is 112 cm³/mol. The van der Waals surface area contributed by atoms with Crippen LogP contribution in [0.5, 0.6) is 0 Å². The van der Waals surface area contributed by atoms with Gasteiger partial charge in [-0.05, 0) is 38.5 Å². The highest BCUT2D eigenvalue weighted by Gasteiger charge is 2.29. The van der Waals surface area contributed by atoms with Gasteiger partial charge >= 0.3 is 6.03 Å². The fourth-order valence-electron chi connectivity index (χ4n) is 3.78. The van der Waals surface area contributed by atoms with Crippen molar-refractivity contribution in [3.8, 4) is 0 Å². The number of amides is 3. The second-order valence-corrected chi connectivity index (χ2v) is 7.29. The van der Waals surface area contributed by atoms with E-state index in [1.165, 1.54) is 0 Å². The number of nitrogens with zero attached hydrogens (tertiary/aromatic N) is 5. The molecule has 8 heteroatoms. The number of hydrogen-bond donors (Lipinski definition) is 1. The Kier molecular flexibility index (Phi) is 4.70. The third kappa shape index (κ3) is 3.20. The van der Waals surface area contributed by atoms with Crippen LogP contribution >= 0.6 is 0 Å². The van der Waals surface area contributed by atoms with Crippen molar-refractivity contribution in [2.45, 2.75) is 27.3 Å². The van der Waals surface area contributed by atoms with Crippen LogP contribution in [0.2, 0.25) is 0 Å². The van der Waals surface area contributed by atoms with Crippen LogP contribution in [0.3, 0.4) is 0 Å². The van der Waals surface area contributed by atoms with Crippen LogP contribution in [-0.2, 0) is 6.54 Å². The van der Waals surface area contributed by atoms with E-state index in [0.717, 1.165) is 22.3 Å². The first-order valence-electron chi connectivity index (χ1n) is 9.67. The number of benzene rings is 1. The number of aryl methyl sites for hydroxylation is 3. The summed E-state index contributed by atoms with van der Waals surface area (Å²) in [6, 6.07) is 7.37. The number of aromatic nitrogens is 3. The van der Waals surface area contributed by atoms with E-state index in [0.29, 0.717) is 36.5 Å². The lowest BCUT2D eigenvalue weighted by atomic mass is 10.1. The third-order valence-electron chi connectivity index (χ3n) is 5.22. The summed E-state index contributed by atoms with van der Waals surface area (Å²) < 4.78 is 1.68. The predicted octanol–water partition coefficient (Wildman–Crippen LogP) is 3.19. The monoisotopic (exact) mass is 392 g/mol. The van der Waals surface area contributed by atoms with Gasteiger partial charge in [-0.3, -0.25) is 19.4 Å². The Balaban J connectivity index is 1.76. The zero-order valence-electron chi connectivity index (χ0n) is 17.1. The lowest BCUT2D eigenvalue weighted by Crippen LogP contribution is -2.30. The minimum Gasteiger partial charge on any atom is -0.326 e. The molecule has 0 bridgehead atoms. The fraction of sp³-hybridized carbons (Fsp3) is 0.333. The van der Waals surface area contributed by atoms with Crippen molar-refractivity contribution in [3.05, 3.63) is 47.4 Å². The SMILES string of the molecule is CCn1nc(C)cc1C(=O)Nc1cccc2c(N3CCN(C)C3=O)c(C)cnc12. The minimum absolute atomic E-state index is 0.0302. The van der Waals surface area contributed by atoms with Crippen molar-refractivity contribution >= 4 is 34.2 Å². The molecule has 3 heterocycles. The first-order chi connectivity index (χ1) is 13.9. The number of nitrogens with one attached hydrogen (secondary N) is 1. The molecular formula is C21H24N6O2. The summed E-state index contributed by atoms with van der Waals surface area (Å²) in [6.45, 7) is 7.67. The average Bonchev–Trinajstić information content (AvgIpc) is 3.24. The number of carbonyl (C=O) groups excluding carboxylic acids is 2. The fourth-order valence-corrected chi connectivity index (χ4v) is 3.78. The standard InChI is InChI=1S/C21H24N6O2/c1-5-27-17(11-14(3)24-27)20(28)23-16-8-6-7-15-18(16)22-12-13(2)19(15)26-10-9-25(4)21(26)29/h6-8,11-12H,5,9-10H2,1-4H3,(H,23,28). The number of fused-ring (bicyclic) bond motifs is 1. The van der Waals surface area contributed by atoms with Crippen molar-refractivity contribution in [1.29, 1.82) is 0 Å². The molecule has 3 aromatic rings. The molecular weight excluding hydrogens is 368 g/mol. The Hall–Kier alpha value is -3.42. The van der Waals surface area contributed by atoms with E-state index in [9.17, 15) is 9.59 Å². The van der Waals surface area contributed by atoms with Crippen molar-refractivity contribution < 1.29 is 9.59 Å². The number of anilines is 2. The molecule has 1 fully saturated rings. The molecule has 1 aliphatic heterocycles. The molecule has 1 aliphatic rings. The number of rotatable bonds is 4. The maximum absolute atomic E-state index is 12.9. The van der Waals surface area contributed by atoms with E-state index in [1.54, 1.807) is 33.8 Å². The van der Waals surface area contributed by atoms with Crippen LogP contribution in [0.15, 0.2) is 30.5 Å². The Labute approximate surface area is 169 Å². The van der Waals surface area contributed by atoms with Gasteiger partial charge in [0, 0.05) is 38.3 Å². The normalized spacial score (nSPS) is 14.1. The Bertz CT molecular complexity index is 1120. The summed E-state index contributed by atoms with van der Waals surface area (Å²) in [5.74, 6) is -0.235. The largest absolute Gasteiger partial charge is 0.326 e. The highest BCUT2D eigenvalue weighted by Crippen LogP contribution is 2.34. The molecule has 150 valence electrons. The van der Waals surface area contributed by atoms with Gasteiger partial charge in [0.25, 0.3) is 5.91 Å². The Morgan fingerprint density at radius 1 is 1.24 bits per heavy atom. The quantitative estimate of drug-likeness (QED) is 0.739. The van der Waals surface area contributed by atoms with E-state index in [4.69, 9.17) is 0 Å². The Morgan fingerprint density at radius 3 is 2.72 bits per heavy atom.